The van der Waals surface area contributed by atoms with Crippen molar-refractivity contribution in [3.05, 3.63) is 59.7 Å². The maximum atomic E-state index is 12.2. The number of esters is 1. The fourth-order valence-electron chi connectivity index (χ4n) is 3.42. The molecular formula is C22H26O3. The highest BCUT2D eigenvalue weighted by Crippen LogP contribution is 2.35. The summed E-state index contributed by atoms with van der Waals surface area (Å²) in [5.41, 5.74) is 1.88. The van der Waals surface area contributed by atoms with E-state index >= 15 is 0 Å². The van der Waals surface area contributed by atoms with E-state index in [9.17, 15) is 4.79 Å². The van der Waals surface area contributed by atoms with Gasteiger partial charge in [0.1, 0.15) is 11.5 Å². The lowest BCUT2D eigenvalue weighted by atomic mass is 9.79. The molecule has 0 unspecified atom stereocenters. The average Bonchev–Trinajstić information content (AvgIpc) is 2.64. The van der Waals surface area contributed by atoms with Crippen LogP contribution in [0.25, 0.3) is 0 Å². The first kappa shape index (κ1) is 17.5. The standard InChI is InChI=1S/C22H26O3/c1-3-24-20-12-10-19(11-13-20)22(23)25-21-14-8-18(9-15-21)17-6-4-16(2)5-7-17/h8-17H,3-7H2,1-2H3. The Bertz CT molecular complexity index is 680. The summed E-state index contributed by atoms with van der Waals surface area (Å²) < 4.78 is 10.9. The maximum Gasteiger partial charge on any atom is 0.343 e. The molecule has 1 fully saturated rings. The summed E-state index contributed by atoms with van der Waals surface area (Å²) in [6.45, 7) is 4.87. The van der Waals surface area contributed by atoms with Gasteiger partial charge in [0.15, 0.2) is 0 Å². The van der Waals surface area contributed by atoms with Crippen molar-refractivity contribution in [3.8, 4) is 11.5 Å². The molecule has 25 heavy (non-hydrogen) atoms. The van der Waals surface area contributed by atoms with Crippen LogP contribution >= 0.6 is 0 Å². The van der Waals surface area contributed by atoms with Crippen LogP contribution in [0.3, 0.4) is 0 Å². The number of rotatable bonds is 5. The van der Waals surface area contributed by atoms with Gasteiger partial charge >= 0.3 is 5.97 Å². The van der Waals surface area contributed by atoms with Crippen molar-refractivity contribution >= 4 is 5.97 Å². The third kappa shape index (κ3) is 4.62. The number of carbonyl (C=O) groups excluding carboxylic acids is 1. The molecule has 0 heterocycles. The molecule has 0 saturated heterocycles. The second kappa shape index (κ2) is 8.19. The van der Waals surface area contributed by atoms with E-state index in [2.05, 4.69) is 19.1 Å². The van der Waals surface area contributed by atoms with Gasteiger partial charge in [0.2, 0.25) is 0 Å². The van der Waals surface area contributed by atoms with Crippen LogP contribution < -0.4 is 9.47 Å². The van der Waals surface area contributed by atoms with Gasteiger partial charge in [-0.15, -0.1) is 0 Å². The lowest BCUT2D eigenvalue weighted by Gasteiger charge is -2.26. The number of benzene rings is 2. The van der Waals surface area contributed by atoms with Gasteiger partial charge in [-0.05, 0) is 73.6 Å². The molecule has 1 saturated carbocycles. The Labute approximate surface area is 150 Å². The minimum atomic E-state index is -0.345. The summed E-state index contributed by atoms with van der Waals surface area (Å²) in [6.07, 6.45) is 5.12. The van der Waals surface area contributed by atoms with E-state index in [0.717, 1.165) is 11.7 Å². The summed E-state index contributed by atoms with van der Waals surface area (Å²) >= 11 is 0. The second-order valence-corrected chi connectivity index (χ2v) is 6.87. The second-order valence-electron chi connectivity index (χ2n) is 6.87. The Kier molecular flexibility index (Phi) is 5.75. The Hall–Kier alpha value is -2.29. The molecule has 0 aliphatic heterocycles. The number of hydrogen-bond donors (Lipinski definition) is 0. The van der Waals surface area contributed by atoms with Crippen molar-refractivity contribution in [1.29, 1.82) is 0 Å². The van der Waals surface area contributed by atoms with Crippen molar-refractivity contribution in [2.75, 3.05) is 6.61 Å². The van der Waals surface area contributed by atoms with Crippen molar-refractivity contribution in [3.63, 3.8) is 0 Å². The minimum Gasteiger partial charge on any atom is -0.494 e. The van der Waals surface area contributed by atoms with Crippen LogP contribution in [-0.2, 0) is 0 Å². The van der Waals surface area contributed by atoms with Crippen LogP contribution in [0, 0.1) is 5.92 Å². The molecule has 0 bridgehead atoms. The van der Waals surface area contributed by atoms with E-state index in [1.54, 1.807) is 24.3 Å². The molecule has 0 atom stereocenters. The SMILES string of the molecule is CCOc1ccc(C(=O)Oc2ccc(C3CCC(C)CC3)cc2)cc1. The highest BCUT2D eigenvalue weighted by atomic mass is 16.5. The summed E-state index contributed by atoms with van der Waals surface area (Å²) in [5.74, 6) is 2.50. The van der Waals surface area contributed by atoms with E-state index < -0.39 is 0 Å². The van der Waals surface area contributed by atoms with E-state index in [1.807, 2.05) is 19.1 Å². The normalized spacial score (nSPS) is 20.1. The Balaban J connectivity index is 1.60. The molecule has 3 rings (SSSR count). The first-order valence-electron chi connectivity index (χ1n) is 9.20. The third-order valence-corrected chi connectivity index (χ3v) is 4.98. The van der Waals surface area contributed by atoms with Crippen molar-refractivity contribution in [2.24, 2.45) is 5.92 Å². The van der Waals surface area contributed by atoms with Crippen LogP contribution in [0.15, 0.2) is 48.5 Å². The zero-order chi connectivity index (χ0) is 17.6. The molecule has 0 radical (unpaired) electrons. The van der Waals surface area contributed by atoms with Gasteiger partial charge in [0.25, 0.3) is 0 Å². The van der Waals surface area contributed by atoms with Gasteiger partial charge in [-0.2, -0.15) is 0 Å². The zero-order valence-electron chi connectivity index (χ0n) is 15.0. The Morgan fingerprint density at radius 1 is 0.920 bits per heavy atom. The number of ether oxygens (including phenoxy) is 2. The minimum absolute atomic E-state index is 0.345. The molecule has 1 aliphatic carbocycles. The fourth-order valence-corrected chi connectivity index (χ4v) is 3.42. The highest BCUT2D eigenvalue weighted by molar-refractivity contribution is 5.91. The Morgan fingerprint density at radius 3 is 2.12 bits per heavy atom. The van der Waals surface area contributed by atoms with Crippen molar-refractivity contribution in [1.82, 2.24) is 0 Å². The number of hydrogen-bond acceptors (Lipinski definition) is 3. The highest BCUT2D eigenvalue weighted by Gasteiger charge is 2.19. The van der Waals surface area contributed by atoms with E-state index in [-0.39, 0.29) is 5.97 Å². The van der Waals surface area contributed by atoms with Gasteiger partial charge in [-0.25, -0.2) is 4.79 Å². The molecule has 0 aromatic heterocycles. The smallest absolute Gasteiger partial charge is 0.343 e. The molecule has 3 nitrogen and oxygen atoms in total. The molecule has 0 N–H and O–H groups in total. The summed E-state index contributed by atoms with van der Waals surface area (Å²) in [6, 6.07) is 15.0. The lowest BCUT2D eigenvalue weighted by Crippen LogP contribution is -2.11. The monoisotopic (exact) mass is 338 g/mol. The topological polar surface area (TPSA) is 35.5 Å². The summed E-state index contributed by atoms with van der Waals surface area (Å²) in [5, 5.41) is 0. The molecule has 0 amide bonds. The molecule has 2 aromatic carbocycles. The molecule has 0 spiro atoms. The molecule has 3 heteroatoms. The average molecular weight is 338 g/mol. The zero-order valence-corrected chi connectivity index (χ0v) is 15.0. The van der Waals surface area contributed by atoms with Crippen LogP contribution in [0.4, 0.5) is 0 Å². The van der Waals surface area contributed by atoms with E-state index in [0.29, 0.717) is 23.8 Å². The van der Waals surface area contributed by atoms with Crippen LogP contribution in [0.1, 0.15) is 61.4 Å². The quantitative estimate of drug-likeness (QED) is 0.526. The third-order valence-electron chi connectivity index (χ3n) is 4.98. The lowest BCUT2D eigenvalue weighted by molar-refractivity contribution is 0.0734. The van der Waals surface area contributed by atoms with Gasteiger partial charge in [0, 0.05) is 0 Å². The van der Waals surface area contributed by atoms with Crippen molar-refractivity contribution in [2.45, 2.75) is 45.4 Å². The first-order valence-corrected chi connectivity index (χ1v) is 9.20. The van der Waals surface area contributed by atoms with Crippen LogP contribution in [-0.4, -0.2) is 12.6 Å². The predicted octanol–water partition coefficient (Wildman–Crippen LogP) is 5.60. The first-order chi connectivity index (χ1) is 12.2. The summed E-state index contributed by atoms with van der Waals surface area (Å²) in [7, 11) is 0. The molecule has 132 valence electrons. The largest absolute Gasteiger partial charge is 0.494 e. The number of carbonyl (C=O) groups is 1. The predicted molar refractivity (Wildman–Crippen MR) is 99.4 cm³/mol. The molecule has 2 aromatic rings. The van der Waals surface area contributed by atoms with Gasteiger partial charge < -0.3 is 9.47 Å². The van der Waals surface area contributed by atoms with Crippen LogP contribution in [0.5, 0.6) is 11.5 Å². The van der Waals surface area contributed by atoms with E-state index in [4.69, 9.17) is 9.47 Å². The van der Waals surface area contributed by atoms with E-state index in [1.165, 1.54) is 31.2 Å². The van der Waals surface area contributed by atoms with Crippen LogP contribution in [0.2, 0.25) is 0 Å². The van der Waals surface area contributed by atoms with Gasteiger partial charge in [0.05, 0.1) is 12.2 Å². The Morgan fingerprint density at radius 2 is 1.52 bits per heavy atom. The van der Waals surface area contributed by atoms with Gasteiger partial charge in [-0.3, -0.25) is 0 Å². The fraction of sp³-hybridized carbons (Fsp3) is 0.409. The van der Waals surface area contributed by atoms with Gasteiger partial charge in [-0.1, -0.05) is 31.9 Å². The molecule has 1 aliphatic rings. The maximum absolute atomic E-state index is 12.2. The molecular weight excluding hydrogens is 312 g/mol. The summed E-state index contributed by atoms with van der Waals surface area (Å²) in [4.78, 5) is 12.2. The van der Waals surface area contributed by atoms with Crippen molar-refractivity contribution < 1.29 is 14.3 Å².